The largest absolute Gasteiger partial charge is 0.481 e. The third kappa shape index (κ3) is 50.9. The predicted octanol–water partition coefficient (Wildman–Crippen LogP) is -2.15. The standard InChI is InChI=1S/C78H128O46/c79-1-3-99-5-7-101-9-11-103-13-19-107-25-31-113-37-43-119-73(93)61-52-63(57(69(85)86)49-55(61)67(81)82)75(95)121-45-39-115-33-27-109-21-15-105-17-23-111-29-35-117-41-47-123-77(97)65-54-66(60(72(91)92)51-59(65)71(89)90)78(98)124-48-42-118-36-30-112-24-18-106-16-22-110-28-34-116-40-46-122-76(96)64-53-62(56(68(83)84)50-58(64)70(87)88)74(94)120-44-38-114-32-26-108-20-14-104-12-10-102-8-6-100-4-2-80/h55-66,79-80H,1-54H2,(H,81,82)(H,83,84)(H,85,86)(H,87,88)(H,89,90)(H,91,92). The summed E-state index contributed by atoms with van der Waals surface area (Å²) in [5.41, 5.74) is 0. The van der Waals surface area contributed by atoms with E-state index in [0.29, 0.717) is 79.3 Å². The molecule has 0 amide bonds. The molecule has 46 nitrogen and oxygen atoms in total. The van der Waals surface area contributed by atoms with Crippen LogP contribution in [-0.4, -0.2) is 430 Å². The number of carboxylic acids is 6. The van der Waals surface area contributed by atoms with Crippen molar-refractivity contribution in [2.24, 2.45) is 71.0 Å². The van der Waals surface area contributed by atoms with Gasteiger partial charge in [-0.15, -0.1) is 0 Å². The zero-order valence-corrected chi connectivity index (χ0v) is 70.2. The van der Waals surface area contributed by atoms with Gasteiger partial charge in [-0.05, 0) is 38.5 Å². The Labute approximate surface area is 717 Å². The summed E-state index contributed by atoms with van der Waals surface area (Å²) in [5.74, 6) is -30.9. The van der Waals surface area contributed by atoms with Gasteiger partial charge in [-0.3, -0.25) is 57.5 Å². The molecule has 3 rings (SSSR count). The maximum atomic E-state index is 13.2. The van der Waals surface area contributed by atoms with Crippen molar-refractivity contribution >= 4 is 71.6 Å². The van der Waals surface area contributed by atoms with Gasteiger partial charge in [0.2, 0.25) is 0 Å². The van der Waals surface area contributed by atoms with Crippen LogP contribution in [0.3, 0.4) is 0 Å². The molecule has 0 heterocycles. The van der Waals surface area contributed by atoms with Gasteiger partial charge in [0.1, 0.15) is 39.6 Å². The van der Waals surface area contributed by atoms with E-state index in [4.69, 9.17) is 133 Å². The van der Waals surface area contributed by atoms with E-state index in [1.807, 2.05) is 0 Å². The van der Waals surface area contributed by atoms with Crippen molar-refractivity contribution in [1.29, 1.82) is 0 Å². The zero-order valence-electron chi connectivity index (χ0n) is 70.2. The molecule has 716 valence electrons. The number of hydrogen-bond acceptors (Lipinski definition) is 40. The highest BCUT2D eigenvalue weighted by molar-refractivity contribution is 5.89. The molecule has 0 aromatic heterocycles. The number of carboxylic acid groups (broad SMARTS) is 6. The van der Waals surface area contributed by atoms with Crippen molar-refractivity contribution < 1.29 is 222 Å². The molecule has 0 saturated heterocycles. The molecule has 0 aromatic rings. The van der Waals surface area contributed by atoms with E-state index in [1.165, 1.54) is 0 Å². The number of carbonyl (C=O) groups is 12. The Kier molecular flexibility index (Phi) is 65.1. The van der Waals surface area contributed by atoms with Gasteiger partial charge < -0.3 is 164 Å². The van der Waals surface area contributed by atoms with Crippen molar-refractivity contribution in [3.05, 3.63) is 0 Å². The van der Waals surface area contributed by atoms with Gasteiger partial charge in [-0.1, -0.05) is 0 Å². The Morgan fingerprint density at radius 2 is 0.234 bits per heavy atom. The lowest BCUT2D eigenvalue weighted by Crippen LogP contribution is -2.46. The van der Waals surface area contributed by atoms with E-state index < -0.39 is 181 Å². The maximum Gasteiger partial charge on any atom is 0.309 e. The van der Waals surface area contributed by atoms with Crippen LogP contribution in [0.15, 0.2) is 0 Å². The minimum absolute atomic E-state index is 0.0375. The van der Waals surface area contributed by atoms with E-state index in [1.54, 1.807) is 0 Å². The highest BCUT2D eigenvalue weighted by atomic mass is 16.6. The third-order valence-electron chi connectivity index (χ3n) is 18.9. The Morgan fingerprint density at radius 1 is 0.145 bits per heavy atom. The summed E-state index contributed by atoms with van der Waals surface area (Å²) in [6.07, 6.45) is -2.87. The van der Waals surface area contributed by atoms with Crippen LogP contribution < -0.4 is 0 Å². The molecule has 3 fully saturated rings. The van der Waals surface area contributed by atoms with Crippen LogP contribution in [0, 0.1) is 71.0 Å². The second-order valence-electron chi connectivity index (χ2n) is 27.4. The SMILES string of the molecule is O=C(O)C1CC(C(=O)O)C(C(=O)OCCOCCOCCOCCOCCOCCOC(=O)C2CC(C(=O)OCCOCCOCCOCCOCCOCCOC(=O)C3CC(C(=O)OCCOCCOCCOCCOCCOCCO)C(C(=O)O)CC3C(=O)O)C(C(=O)O)CC2C(=O)O)CC1C(=O)OCCOCCOCCOCCOCCOCCO. The van der Waals surface area contributed by atoms with Crippen LogP contribution in [0.2, 0.25) is 0 Å². The smallest absolute Gasteiger partial charge is 0.309 e. The lowest BCUT2D eigenvalue weighted by molar-refractivity contribution is -0.173. The van der Waals surface area contributed by atoms with Crippen molar-refractivity contribution in [1.82, 2.24) is 0 Å². The van der Waals surface area contributed by atoms with Crippen molar-refractivity contribution in [3.8, 4) is 0 Å². The number of carbonyl (C=O) groups excluding carboxylic acids is 6. The second-order valence-corrected chi connectivity index (χ2v) is 27.4. The molecule has 12 atom stereocenters. The molecule has 3 aliphatic rings. The molecule has 0 bridgehead atoms. The first-order chi connectivity index (χ1) is 60.2. The molecule has 0 aliphatic heterocycles. The summed E-state index contributed by atoms with van der Waals surface area (Å²) in [7, 11) is 0. The van der Waals surface area contributed by atoms with Crippen LogP contribution in [-0.2, 0) is 181 Å². The Hall–Kier alpha value is -7.24. The van der Waals surface area contributed by atoms with Gasteiger partial charge in [0.25, 0.3) is 0 Å². The monoisotopic (exact) mass is 1800 g/mol. The van der Waals surface area contributed by atoms with Gasteiger partial charge in [-0.25, -0.2) is 0 Å². The van der Waals surface area contributed by atoms with E-state index in [9.17, 15) is 88.2 Å². The van der Waals surface area contributed by atoms with Crippen LogP contribution >= 0.6 is 0 Å². The molecule has 3 aliphatic carbocycles. The first-order valence-electron chi connectivity index (χ1n) is 41.3. The molecule has 0 aromatic carbocycles. The number of ether oxygens (including phenoxy) is 26. The number of aliphatic hydroxyl groups is 2. The molecule has 124 heavy (non-hydrogen) atoms. The maximum absolute atomic E-state index is 13.2. The quantitative estimate of drug-likeness (QED) is 0.0183. The second kappa shape index (κ2) is 72.8. The first-order valence-corrected chi connectivity index (χ1v) is 41.3. The highest BCUT2D eigenvalue weighted by Crippen LogP contribution is 2.43. The fraction of sp³-hybridized carbons (Fsp3) is 0.846. The summed E-state index contributed by atoms with van der Waals surface area (Å²) < 4.78 is 139. The topological polar surface area (TPSA) is 607 Å². The van der Waals surface area contributed by atoms with Crippen molar-refractivity contribution in [2.45, 2.75) is 38.5 Å². The van der Waals surface area contributed by atoms with E-state index in [0.717, 1.165) is 0 Å². The molecule has 3 saturated carbocycles. The summed E-state index contributed by atoms with van der Waals surface area (Å²) in [6, 6.07) is 0. The van der Waals surface area contributed by atoms with Gasteiger partial charge in [0, 0.05) is 0 Å². The number of hydrogen-bond donors (Lipinski definition) is 8. The normalized spacial score (nSPS) is 20.7. The number of esters is 6. The average molecular weight is 1800 g/mol. The Balaban J connectivity index is 1.15. The number of aliphatic hydroxyl groups excluding tert-OH is 2. The van der Waals surface area contributed by atoms with E-state index in [2.05, 4.69) is 0 Å². The van der Waals surface area contributed by atoms with Crippen LogP contribution in [0.4, 0.5) is 0 Å². The molecule has 0 radical (unpaired) electrons. The summed E-state index contributed by atoms with van der Waals surface area (Å²) in [4.78, 5) is 152. The lowest BCUT2D eigenvalue weighted by atomic mass is 9.68. The van der Waals surface area contributed by atoms with Crippen molar-refractivity contribution in [3.63, 3.8) is 0 Å². The third-order valence-corrected chi connectivity index (χ3v) is 18.9. The lowest BCUT2D eigenvalue weighted by Gasteiger charge is -2.35. The molecule has 46 heteroatoms. The van der Waals surface area contributed by atoms with E-state index >= 15 is 0 Å². The fourth-order valence-corrected chi connectivity index (χ4v) is 12.7. The van der Waals surface area contributed by atoms with E-state index in [-0.39, 0.29) is 238 Å². The highest BCUT2D eigenvalue weighted by Gasteiger charge is 2.53. The van der Waals surface area contributed by atoms with Gasteiger partial charge in [0.15, 0.2) is 0 Å². The van der Waals surface area contributed by atoms with Crippen LogP contribution in [0.25, 0.3) is 0 Å². The summed E-state index contributed by atoms with van der Waals surface area (Å²) >= 11 is 0. The average Bonchev–Trinajstić information content (AvgIpc) is 0.804. The zero-order chi connectivity index (χ0) is 90.4. The van der Waals surface area contributed by atoms with Crippen LogP contribution in [0.5, 0.6) is 0 Å². The summed E-state index contributed by atoms with van der Waals surface area (Å²) in [6.45, 7) is 5.88. The first kappa shape index (κ1) is 111. The predicted molar refractivity (Wildman–Crippen MR) is 412 cm³/mol. The Morgan fingerprint density at radius 3 is 0.331 bits per heavy atom. The molecule has 12 unspecified atom stereocenters. The summed E-state index contributed by atoms with van der Waals surface area (Å²) in [5, 5.41) is 76.7. The number of aliphatic carboxylic acids is 6. The van der Waals surface area contributed by atoms with Crippen LogP contribution in [0.1, 0.15) is 38.5 Å². The Bertz CT molecular complexity index is 2720. The van der Waals surface area contributed by atoms with Gasteiger partial charge in [-0.2, -0.15) is 0 Å². The minimum Gasteiger partial charge on any atom is -0.481 e. The fourth-order valence-electron chi connectivity index (χ4n) is 12.7. The van der Waals surface area contributed by atoms with Gasteiger partial charge >= 0.3 is 71.6 Å². The minimum atomic E-state index is -1.46. The molecular weight excluding hydrogens is 1670 g/mol. The molecule has 8 N–H and O–H groups in total. The number of rotatable bonds is 82. The molecular formula is C78H128O46. The van der Waals surface area contributed by atoms with Crippen molar-refractivity contribution in [2.75, 3.05) is 317 Å². The molecule has 0 spiro atoms. The van der Waals surface area contributed by atoms with Gasteiger partial charge in [0.05, 0.1) is 349 Å².